The summed E-state index contributed by atoms with van der Waals surface area (Å²) in [6.07, 6.45) is 8.14. The lowest BCUT2D eigenvalue weighted by molar-refractivity contribution is 1.21. The number of benzene rings is 8. The highest BCUT2D eigenvalue weighted by molar-refractivity contribution is 7.26. The highest BCUT2D eigenvalue weighted by Crippen LogP contribution is 2.47. The predicted octanol–water partition coefficient (Wildman–Crippen LogP) is 17.1. The Morgan fingerprint density at radius 3 is 1.55 bits per heavy atom. The molecular weight excluding hydrogens is 767 g/mol. The van der Waals surface area contributed by atoms with Crippen LogP contribution < -0.4 is 14.7 Å². The molecule has 8 aromatic carbocycles. The van der Waals surface area contributed by atoms with Crippen molar-refractivity contribution in [3.8, 4) is 0 Å². The molecule has 0 N–H and O–H groups in total. The first-order valence-corrected chi connectivity index (χ1v) is 21.8. The predicted molar refractivity (Wildman–Crippen MR) is 263 cm³/mol. The summed E-state index contributed by atoms with van der Waals surface area (Å²) in [5.41, 5.74) is 9.98. The van der Waals surface area contributed by atoms with Crippen LogP contribution in [-0.4, -0.2) is 0 Å². The van der Waals surface area contributed by atoms with Crippen LogP contribution in [0.1, 0.15) is 6.92 Å². The minimum atomic E-state index is 1.01. The molecule has 0 saturated carbocycles. The summed E-state index contributed by atoms with van der Waals surface area (Å²) in [6.45, 7) is 6.21. The molecule has 5 heteroatoms. The zero-order valence-electron chi connectivity index (χ0n) is 33.1. The Balaban J connectivity index is 1.09. The van der Waals surface area contributed by atoms with Gasteiger partial charge in [0.05, 0.1) is 10.4 Å². The number of allylic oxidation sites excluding steroid dienone is 4. The van der Waals surface area contributed by atoms with Crippen LogP contribution >= 0.6 is 22.7 Å². The summed E-state index contributed by atoms with van der Waals surface area (Å²) in [5.74, 6) is 0. The fraction of sp³-hybridized carbons (Fsp3) is 0.0182. The zero-order valence-corrected chi connectivity index (χ0v) is 34.8. The molecule has 10 aromatic rings. The number of hydrogen-bond donors (Lipinski definition) is 0. The molecule has 0 aliphatic carbocycles. The van der Waals surface area contributed by atoms with E-state index in [1.807, 2.05) is 41.7 Å². The van der Waals surface area contributed by atoms with Crippen LogP contribution in [0.25, 0.3) is 40.3 Å². The lowest BCUT2D eigenvalue weighted by atomic mass is 10.1. The second-order valence-corrected chi connectivity index (χ2v) is 16.7. The van der Waals surface area contributed by atoms with Crippen molar-refractivity contribution in [2.24, 2.45) is 0 Å². The molecule has 0 aliphatic rings. The molecule has 0 bridgehead atoms. The van der Waals surface area contributed by atoms with Gasteiger partial charge < -0.3 is 14.7 Å². The Morgan fingerprint density at radius 1 is 0.433 bits per heavy atom. The minimum Gasteiger partial charge on any atom is -0.310 e. The summed E-state index contributed by atoms with van der Waals surface area (Å²) >= 11 is 3.69. The lowest BCUT2D eigenvalue weighted by Crippen LogP contribution is -2.14. The van der Waals surface area contributed by atoms with Crippen LogP contribution in [0.15, 0.2) is 231 Å². The van der Waals surface area contributed by atoms with E-state index in [0.717, 1.165) is 45.5 Å². The van der Waals surface area contributed by atoms with E-state index in [2.05, 4.69) is 228 Å². The van der Waals surface area contributed by atoms with E-state index in [1.165, 1.54) is 46.0 Å². The Morgan fingerprint density at radius 2 is 0.967 bits per heavy atom. The van der Waals surface area contributed by atoms with Crippen molar-refractivity contribution in [1.82, 2.24) is 0 Å². The van der Waals surface area contributed by atoms with Gasteiger partial charge in [0.15, 0.2) is 0 Å². The second-order valence-electron chi connectivity index (χ2n) is 14.6. The van der Waals surface area contributed by atoms with E-state index in [9.17, 15) is 0 Å². The quantitative estimate of drug-likeness (QED) is 0.121. The van der Waals surface area contributed by atoms with Crippen LogP contribution in [0.4, 0.5) is 45.5 Å². The van der Waals surface area contributed by atoms with Gasteiger partial charge in [-0.2, -0.15) is 0 Å². The Labute approximate surface area is 358 Å². The molecule has 0 spiro atoms. The van der Waals surface area contributed by atoms with Gasteiger partial charge in [-0.3, -0.25) is 0 Å². The highest BCUT2D eigenvalue weighted by atomic mass is 32.1. The summed E-state index contributed by atoms with van der Waals surface area (Å²) in [6, 6.07) is 70.0. The van der Waals surface area contributed by atoms with Crippen LogP contribution in [0.5, 0.6) is 0 Å². The second kappa shape index (κ2) is 16.2. The van der Waals surface area contributed by atoms with Crippen LogP contribution in [0.3, 0.4) is 0 Å². The average Bonchev–Trinajstić information content (AvgIpc) is 3.87. The van der Waals surface area contributed by atoms with Crippen molar-refractivity contribution in [2.75, 3.05) is 14.7 Å². The van der Waals surface area contributed by atoms with E-state index in [-0.39, 0.29) is 0 Å². The van der Waals surface area contributed by atoms with Gasteiger partial charge in [0.2, 0.25) is 0 Å². The first-order valence-electron chi connectivity index (χ1n) is 20.2. The molecule has 0 saturated heterocycles. The fourth-order valence-corrected chi connectivity index (χ4v) is 10.5. The molecule has 0 fully saturated rings. The third-order valence-electron chi connectivity index (χ3n) is 10.9. The van der Waals surface area contributed by atoms with Gasteiger partial charge in [0.1, 0.15) is 0 Å². The number of thiophene rings is 2. The van der Waals surface area contributed by atoms with Gasteiger partial charge in [0, 0.05) is 81.2 Å². The maximum absolute atomic E-state index is 4.17. The first-order chi connectivity index (χ1) is 29.7. The fourth-order valence-electron chi connectivity index (χ4n) is 8.18. The van der Waals surface area contributed by atoms with Gasteiger partial charge in [-0.15, -0.1) is 22.7 Å². The number of fused-ring (bicyclic) bond motifs is 6. The largest absolute Gasteiger partial charge is 0.310 e. The van der Waals surface area contributed by atoms with Gasteiger partial charge in [0.25, 0.3) is 0 Å². The normalized spacial score (nSPS) is 11.8. The van der Waals surface area contributed by atoms with Crippen LogP contribution in [-0.2, 0) is 0 Å². The van der Waals surface area contributed by atoms with E-state index in [4.69, 9.17) is 0 Å². The summed E-state index contributed by atoms with van der Waals surface area (Å²) < 4.78 is 5.02. The molecular formula is C55H41N3S2. The number of nitrogens with zero attached hydrogens (tertiary/aromatic N) is 3. The van der Waals surface area contributed by atoms with Gasteiger partial charge in [-0.05, 0) is 122 Å². The molecule has 0 aliphatic heterocycles. The monoisotopic (exact) mass is 807 g/mol. The van der Waals surface area contributed by atoms with E-state index in [0.29, 0.717) is 0 Å². The Kier molecular flexibility index (Phi) is 10.0. The number of para-hydroxylation sites is 4. The SMILES string of the molecule is C=C/C(=C\C=C/C)N(c1ccccc1)c1ccc2c(c1)sc1ccc(N(c3ccccc3)c3ccc4sc5c(N(c6ccccc6)c6ccccc6)cccc5c4c3)cc12. The third kappa shape index (κ3) is 6.84. The number of rotatable bonds is 11. The van der Waals surface area contributed by atoms with E-state index in [1.54, 1.807) is 0 Å². The summed E-state index contributed by atoms with van der Waals surface area (Å²) in [4.78, 5) is 7.04. The lowest BCUT2D eigenvalue weighted by Gasteiger charge is -2.26. The van der Waals surface area contributed by atoms with Crippen molar-refractivity contribution in [2.45, 2.75) is 6.92 Å². The van der Waals surface area contributed by atoms with Crippen molar-refractivity contribution in [3.05, 3.63) is 231 Å². The molecule has 2 aromatic heterocycles. The first kappa shape index (κ1) is 37.1. The zero-order chi connectivity index (χ0) is 40.4. The van der Waals surface area contributed by atoms with Gasteiger partial charge >= 0.3 is 0 Å². The van der Waals surface area contributed by atoms with Gasteiger partial charge in [-0.25, -0.2) is 0 Å². The van der Waals surface area contributed by atoms with E-state index >= 15 is 0 Å². The molecule has 10 rings (SSSR count). The molecule has 3 nitrogen and oxygen atoms in total. The average molecular weight is 808 g/mol. The van der Waals surface area contributed by atoms with E-state index < -0.39 is 0 Å². The highest BCUT2D eigenvalue weighted by Gasteiger charge is 2.21. The molecule has 0 atom stereocenters. The number of anilines is 8. The molecule has 288 valence electrons. The van der Waals surface area contributed by atoms with Crippen molar-refractivity contribution in [1.29, 1.82) is 0 Å². The maximum Gasteiger partial charge on any atom is 0.0640 e. The van der Waals surface area contributed by atoms with Crippen molar-refractivity contribution < 1.29 is 0 Å². The Bertz CT molecular complexity index is 3140. The molecule has 2 heterocycles. The Hall–Kier alpha value is -7.18. The smallest absolute Gasteiger partial charge is 0.0640 e. The molecule has 60 heavy (non-hydrogen) atoms. The molecule has 0 unspecified atom stereocenters. The third-order valence-corrected chi connectivity index (χ3v) is 13.2. The standard InChI is InChI=1S/C55H41N3S2/c1-3-5-19-39(4-2)56(40-20-10-6-11-21-40)46-30-33-47-49-36-44(31-34-52(49)59-54(47)38-46)57(41-22-12-7-13-23-41)45-32-35-53-50(37-45)48-28-18-29-51(55(48)60-53)58(42-24-14-8-15-25-42)43-26-16-9-17-27-43/h3-38H,2H2,1H3/b5-3-,39-19+. The maximum atomic E-state index is 4.17. The molecule has 0 amide bonds. The number of hydrogen-bond acceptors (Lipinski definition) is 5. The van der Waals surface area contributed by atoms with Crippen molar-refractivity contribution >= 4 is 109 Å². The molecule has 0 radical (unpaired) electrons. The van der Waals surface area contributed by atoms with Crippen LogP contribution in [0, 0.1) is 0 Å². The minimum absolute atomic E-state index is 1.01. The van der Waals surface area contributed by atoms with Crippen LogP contribution in [0.2, 0.25) is 0 Å². The summed E-state index contributed by atoms with van der Waals surface area (Å²) in [7, 11) is 0. The summed E-state index contributed by atoms with van der Waals surface area (Å²) in [5, 5.41) is 4.98. The van der Waals surface area contributed by atoms with Crippen molar-refractivity contribution in [3.63, 3.8) is 0 Å². The van der Waals surface area contributed by atoms with Gasteiger partial charge in [-0.1, -0.05) is 110 Å². The topological polar surface area (TPSA) is 9.72 Å².